The number of aliphatic hydroxyl groups is 2. The van der Waals surface area contributed by atoms with E-state index in [0.29, 0.717) is 27.8 Å². The van der Waals surface area contributed by atoms with Gasteiger partial charge in [-0.25, -0.2) is 17.5 Å². The summed E-state index contributed by atoms with van der Waals surface area (Å²) < 4.78 is 41.8. The molecule has 0 aliphatic carbocycles. The molecular weight excluding hydrogens is 393 g/mol. The van der Waals surface area contributed by atoms with Gasteiger partial charge in [0.2, 0.25) is 10.0 Å². The van der Waals surface area contributed by atoms with E-state index in [1.54, 1.807) is 52.0 Å². The van der Waals surface area contributed by atoms with Crippen molar-refractivity contribution in [2.24, 2.45) is 0 Å². The zero-order chi connectivity index (χ0) is 21.8. The fourth-order valence-corrected chi connectivity index (χ4v) is 4.42. The minimum absolute atomic E-state index is 0.110. The molecule has 2 aromatic rings. The zero-order valence-corrected chi connectivity index (χ0v) is 18.0. The summed E-state index contributed by atoms with van der Waals surface area (Å²) in [4.78, 5) is 0.110. The van der Waals surface area contributed by atoms with Gasteiger partial charge in [0.25, 0.3) is 0 Å². The maximum atomic E-state index is 14.2. The van der Waals surface area contributed by atoms with E-state index in [2.05, 4.69) is 4.72 Å². The Hall–Kier alpha value is -2.06. The van der Waals surface area contributed by atoms with Crippen LogP contribution in [0.3, 0.4) is 0 Å². The van der Waals surface area contributed by atoms with Crippen LogP contribution in [0.2, 0.25) is 0 Å². The summed E-state index contributed by atoms with van der Waals surface area (Å²) in [5.41, 5.74) is 2.17. The highest BCUT2D eigenvalue weighted by Crippen LogP contribution is 2.30. The van der Waals surface area contributed by atoms with E-state index in [1.165, 1.54) is 18.2 Å². The fraction of sp³-hybridized carbons (Fsp3) is 0.364. The minimum atomic E-state index is -3.69. The van der Waals surface area contributed by atoms with Gasteiger partial charge in [-0.1, -0.05) is 24.3 Å². The lowest BCUT2D eigenvalue weighted by Crippen LogP contribution is -2.40. The van der Waals surface area contributed by atoms with Crippen LogP contribution in [-0.2, 0) is 10.0 Å². The first-order chi connectivity index (χ1) is 13.5. The molecule has 0 saturated heterocycles. The third kappa shape index (κ3) is 5.96. The number of hydrogen-bond donors (Lipinski definition) is 3. The molecule has 2 rings (SSSR count). The van der Waals surface area contributed by atoms with Gasteiger partial charge >= 0.3 is 0 Å². The van der Waals surface area contributed by atoms with Gasteiger partial charge in [-0.05, 0) is 80.2 Å². The van der Waals surface area contributed by atoms with Gasteiger partial charge in [-0.2, -0.15) is 0 Å². The Morgan fingerprint density at radius 2 is 1.62 bits per heavy atom. The van der Waals surface area contributed by atoms with Crippen molar-refractivity contribution in [3.05, 3.63) is 70.5 Å². The van der Waals surface area contributed by atoms with E-state index < -0.39 is 15.6 Å². The maximum absolute atomic E-state index is 14.2. The van der Waals surface area contributed by atoms with Crippen molar-refractivity contribution in [1.29, 1.82) is 0 Å². The van der Waals surface area contributed by atoms with Crippen LogP contribution in [0.15, 0.2) is 52.9 Å². The lowest BCUT2D eigenvalue weighted by molar-refractivity contribution is 0.279. The van der Waals surface area contributed by atoms with Crippen LogP contribution in [0.25, 0.3) is 5.57 Å². The summed E-state index contributed by atoms with van der Waals surface area (Å²) in [6.45, 7) is 6.45. The van der Waals surface area contributed by atoms with Crippen LogP contribution in [0.4, 0.5) is 4.39 Å². The maximum Gasteiger partial charge on any atom is 0.241 e. The number of nitrogens with one attached hydrogen (secondary N) is 1. The summed E-state index contributed by atoms with van der Waals surface area (Å²) in [5.74, 6) is -0.380. The average Bonchev–Trinajstić information content (AvgIpc) is 2.62. The second-order valence-corrected chi connectivity index (χ2v) is 9.64. The Kier molecular flexibility index (Phi) is 7.35. The van der Waals surface area contributed by atoms with Crippen LogP contribution in [0.5, 0.6) is 0 Å². The van der Waals surface area contributed by atoms with Crippen molar-refractivity contribution in [3.8, 4) is 0 Å². The molecule has 0 unspecified atom stereocenters. The van der Waals surface area contributed by atoms with Crippen LogP contribution < -0.4 is 4.72 Å². The topological polar surface area (TPSA) is 86.6 Å². The Bertz CT molecular complexity index is 990. The standard InChI is InChI=1S/C22H28FNO4S/c1-15-5-6-17(13-20(15)23)21(18(14-26)11-12-25)16-7-9-19(10-8-16)29(27,28)24-22(2,3)4/h5-10,13,24-26H,11-12,14H2,1-4H3/b21-18+. The summed E-state index contributed by atoms with van der Waals surface area (Å²) in [7, 11) is -3.69. The van der Waals surface area contributed by atoms with Crippen molar-refractivity contribution < 1.29 is 23.0 Å². The summed E-state index contributed by atoms with van der Waals surface area (Å²) >= 11 is 0. The third-order valence-corrected chi connectivity index (χ3v) is 6.09. The highest BCUT2D eigenvalue weighted by Gasteiger charge is 2.22. The molecule has 3 N–H and O–H groups in total. The molecule has 0 bridgehead atoms. The molecule has 7 heteroatoms. The molecule has 0 radical (unpaired) electrons. The summed E-state index contributed by atoms with van der Waals surface area (Å²) in [6, 6.07) is 11.0. The average molecular weight is 422 g/mol. The SMILES string of the molecule is Cc1ccc(/C(=C(/CO)CCO)c2ccc(S(=O)(=O)NC(C)(C)C)cc2)cc1F. The molecule has 29 heavy (non-hydrogen) atoms. The molecular formula is C22H28FNO4S. The van der Waals surface area contributed by atoms with Gasteiger partial charge in [-0.15, -0.1) is 0 Å². The second kappa shape index (κ2) is 9.17. The Balaban J connectivity index is 2.57. The lowest BCUT2D eigenvalue weighted by atomic mass is 9.91. The molecule has 0 aromatic heterocycles. The van der Waals surface area contributed by atoms with Gasteiger partial charge < -0.3 is 10.2 Å². The molecule has 0 aliphatic heterocycles. The predicted octanol–water partition coefficient (Wildman–Crippen LogP) is 3.39. The largest absolute Gasteiger partial charge is 0.396 e. The van der Waals surface area contributed by atoms with E-state index in [4.69, 9.17) is 0 Å². The van der Waals surface area contributed by atoms with Crippen molar-refractivity contribution in [2.45, 2.75) is 44.6 Å². The van der Waals surface area contributed by atoms with Crippen LogP contribution >= 0.6 is 0 Å². The van der Waals surface area contributed by atoms with E-state index in [-0.39, 0.29) is 30.3 Å². The van der Waals surface area contributed by atoms with Gasteiger partial charge in [0.05, 0.1) is 11.5 Å². The smallest absolute Gasteiger partial charge is 0.241 e. The molecule has 158 valence electrons. The van der Waals surface area contributed by atoms with Crippen LogP contribution in [-0.4, -0.2) is 37.4 Å². The van der Waals surface area contributed by atoms with Crippen molar-refractivity contribution >= 4 is 15.6 Å². The van der Waals surface area contributed by atoms with E-state index in [1.807, 2.05) is 0 Å². The Morgan fingerprint density at radius 1 is 1.03 bits per heavy atom. The normalized spacial score (nSPS) is 13.3. The molecule has 0 fully saturated rings. The van der Waals surface area contributed by atoms with Gasteiger partial charge in [0.1, 0.15) is 5.82 Å². The first kappa shape index (κ1) is 23.2. The molecule has 2 aromatic carbocycles. The molecule has 0 saturated carbocycles. The van der Waals surface area contributed by atoms with Crippen molar-refractivity contribution in [2.75, 3.05) is 13.2 Å². The summed E-state index contributed by atoms with van der Waals surface area (Å²) in [5, 5.41) is 19.2. The Labute approximate surface area is 172 Å². The monoisotopic (exact) mass is 421 g/mol. The minimum Gasteiger partial charge on any atom is -0.396 e. The number of benzene rings is 2. The van der Waals surface area contributed by atoms with Crippen LogP contribution in [0.1, 0.15) is 43.9 Å². The summed E-state index contributed by atoms with van der Waals surface area (Å²) in [6.07, 6.45) is 0.215. The molecule has 0 spiro atoms. The molecule has 0 aliphatic rings. The van der Waals surface area contributed by atoms with E-state index in [0.717, 1.165) is 0 Å². The second-order valence-electron chi connectivity index (χ2n) is 7.95. The third-order valence-electron chi connectivity index (χ3n) is 4.31. The quantitative estimate of drug-likeness (QED) is 0.640. The highest BCUT2D eigenvalue weighted by molar-refractivity contribution is 7.89. The first-order valence-electron chi connectivity index (χ1n) is 9.33. The van der Waals surface area contributed by atoms with Gasteiger partial charge in [0.15, 0.2) is 0 Å². The number of hydrogen-bond acceptors (Lipinski definition) is 4. The van der Waals surface area contributed by atoms with Crippen LogP contribution in [0, 0.1) is 12.7 Å². The van der Waals surface area contributed by atoms with E-state index in [9.17, 15) is 23.0 Å². The zero-order valence-electron chi connectivity index (χ0n) is 17.2. The molecule has 0 heterocycles. The fourth-order valence-electron chi connectivity index (χ4n) is 3.00. The predicted molar refractivity (Wildman–Crippen MR) is 112 cm³/mol. The molecule has 0 atom stereocenters. The number of rotatable bonds is 7. The first-order valence-corrected chi connectivity index (χ1v) is 10.8. The number of aliphatic hydroxyl groups excluding tert-OH is 2. The number of sulfonamides is 1. The van der Waals surface area contributed by atoms with Crippen molar-refractivity contribution in [3.63, 3.8) is 0 Å². The molecule has 5 nitrogen and oxygen atoms in total. The highest BCUT2D eigenvalue weighted by atomic mass is 32.2. The van der Waals surface area contributed by atoms with Crippen molar-refractivity contribution in [1.82, 2.24) is 4.72 Å². The lowest BCUT2D eigenvalue weighted by Gasteiger charge is -2.20. The number of aryl methyl sites for hydroxylation is 1. The van der Waals surface area contributed by atoms with Gasteiger partial charge in [0, 0.05) is 12.1 Å². The van der Waals surface area contributed by atoms with E-state index >= 15 is 0 Å². The Morgan fingerprint density at radius 3 is 2.10 bits per heavy atom. The number of halogens is 1. The molecule has 0 amide bonds. The van der Waals surface area contributed by atoms with Gasteiger partial charge in [-0.3, -0.25) is 0 Å².